The number of fused-ring (bicyclic) bond motifs is 2. The van der Waals surface area contributed by atoms with Gasteiger partial charge in [-0.3, -0.25) is 4.79 Å². The van der Waals surface area contributed by atoms with E-state index in [4.69, 9.17) is 13.9 Å². The highest BCUT2D eigenvalue weighted by Gasteiger charge is 2.46. The summed E-state index contributed by atoms with van der Waals surface area (Å²) in [5.74, 6) is -1.60. The van der Waals surface area contributed by atoms with Crippen LogP contribution in [0.1, 0.15) is 11.7 Å². The Balaban J connectivity index is 2.04. The Hall–Kier alpha value is -3.09. The van der Waals surface area contributed by atoms with Crippen molar-refractivity contribution in [2.24, 2.45) is 0 Å². The van der Waals surface area contributed by atoms with Crippen molar-refractivity contribution in [3.05, 3.63) is 34.0 Å². The Kier molecular flexibility index (Phi) is 5.15. The number of aliphatic hydroxyl groups is 4. The van der Waals surface area contributed by atoms with Crippen LogP contribution in [0.3, 0.4) is 0 Å². The second-order valence-electron chi connectivity index (χ2n) is 7.23. The Morgan fingerprint density at radius 3 is 2.32 bits per heavy atom. The van der Waals surface area contributed by atoms with Crippen LogP contribution >= 0.6 is 0 Å². The molecule has 0 unspecified atom stereocenters. The van der Waals surface area contributed by atoms with Crippen molar-refractivity contribution in [2.45, 2.75) is 30.5 Å². The first kappa shape index (κ1) is 21.2. The maximum atomic E-state index is 13.1. The number of benzene rings is 2. The summed E-state index contributed by atoms with van der Waals surface area (Å²) >= 11 is 0. The number of hydrogen-bond acceptors (Lipinski definition) is 11. The summed E-state index contributed by atoms with van der Waals surface area (Å²) in [6, 6.07) is 3.17. The molecular weight excluding hydrogens is 416 g/mol. The molecule has 1 aliphatic rings. The van der Waals surface area contributed by atoms with Crippen molar-refractivity contribution in [1.82, 2.24) is 0 Å². The predicted molar refractivity (Wildman–Crippen MR) is 104 cm³/mol. The van der Waals surface area contributed by atoms with Gasteiger partial charge in [-0.25, -0.2) is 0 Å². The number of phenols is 3. The third-order valence-corrected chi connectivity index (χ3v) is 5.42. The lowest BCUT2D eigenvalue weighted by Gasteiger charge is -2.40. The first-order valence-corrected chi connectivity index (χ1v) is 9.22. The van der Waals surface area contributed by atoms with Gasteiger partial charge < -0.3 is 49.6 Å². The molecule has 0 aliphatic carbocycles. The van der Waals surface area contributed by atoms with Gasteiger partial charge in [-0.05, 0) is 6.07 Å². The summed E-state index contributed by atoms with van der Waals surface area (Å²) in [7, 11) is 1.29. The third-order valence-electron chi connectivity index (χ3n) is 5.42. The zero-order valence-electron chi connectivity index (χ0n) is 16.1. The number of hydrogen-bond donors (Lipinski definition) is 7. The van der Waals surface area contributed by atoms with E-state index in [0.29, 0.717) is 0 Å². The van der Waals surface area contributed by atoms with Gasteiger partial charge >= 0.3 is 0 Å². The van der Waals surface area contributed by atoms with Gasteiger partial charge in [-0.15, -0.1) is 0 Å². The molecule has 11 heteroatoms. The standard InChI is InChI=1S/C20H20O11/c1-29-11-2-6-10(4-7(11)22)30-19-13(15(6)25)8(23)3-9(24)14(19)20-18(28)17(27)16(26)12(5-21)31-20/h2-4,12,16-18,20-24,26-28H,5H2,1H3/t12-,16-,17+,18-,20+/m1/s1. The molecule has 1 saturated heterocycles. The van der Waals surface area contributed by atoms with Crippen molar-refractivity contribution in [2.75, 3.05) is 13.7 Å². The van der Waals surface area contributed by atoms with Gasteiger partial charge in [0.1, 0.15) is 53.0 Å². The predicted octanol–water partition coefficient (Wildman–Crippen LogP) is -0.414. The number of aliphatic hydroxyl groups excluding tert-OH is 4. The molecule has 166 valence electrons. The molecule has 0 bridgehead atoms. The molecule has 0 radical (unpaired) electrons. The second kappa shape index (κ2) is 7.55. The summed E-state index contributed by atoms with van der Waals surface area (Å²) in [6.07, 6.45) is -7.99. The normalized spacial score (nSPS) is 26.4. The Morgan fingerprint density at radius 2 is 1.68 bits per heavy atom. The fraction of sp³-hybridized carbons (Fsp3) is 0.350. The van der Waals surface area contributed by atoms with Crippen molar-refractivity contribution in [3.63, 3.8) is 0 Å². The Bertz CT molecular complexity index is 1220. The molecule has 7 N–H and O–H groups in total. The maximum Gasteiger partial charge on any atom is 0.204 e. The zero-order valence-corrected chi connectivity index (χ0v) is 16.1. The molecule has 0 saturated carbocycles. The van der Waals surface area contributed by atoms with Crippen LogP contribution in [-0.2, 0) is 4.74 Å². The van der Waals surface area contributed by atoms with E-state index >= 15 is 0 Å². The number of phenolic OH excluding ortho intramolecular Hbond substituents is 3. The highest BCUT2D eigenvalue weighted by Crippen LogP contribution is 2.44. The summed E-state index contributed by atoms with van der Waals surface area (Å²) in [5.41, 5.74) is -1.51. The first-order chi connectivity index (χ1) is 14.7. The number of methoxy groups -OCH3 is 1. The Morgan fingerprint density at radius 1 is 0.968 bits per heavy atom. The van der Waals surface area contributed by atoms with Gasteiger partial charge in [0.15, 0.2) is 17.1 Å². The molecule has 0 amide bonds. The van der Waals surface area contributed by atoms with Crippen molar-refractivity contribution in [3.8, 4) is 23.0 Å². The smallest absolute Gasteiger partial charge is 0.204 e. The highest BCUT2D eigenvalue weighted by atomic mass is 16.5. The second-order valence-corrected chi connectivity index (χ2v) is 7.23. The minimum Gasteiger partial charge on any atom is -0.507 e. The first-order valence-electron chi connectivity index (χ1n) is 9.22. The average Bonchev–Trinajstić information content (AvgIpc) is 2.73. The van der Waals surface area contributed by atoms with Crippen LogP contribution in [0.15, 0.2) is 27.4 Å². The van der Waals surface area contributed by atoms with Gasteiger partial charge in [-0.2, -0.15) is 0 Å². The van der Waals surface area contributed by atoms with Gasteiger partial charge in [-0.1, -0.05) is 0 Å². The van der Waals surface area contributed by atoms with E-state index in [2.05, 4.69) is 0 Å². The van der Waals surface area contributed by atoms with E-state index in [1.807, 2.05) is 0 Å². The SMILES string of the molecule is COc1cc2c(=O)c3c(O)cc(O)c([C@@H]4O[C@H](CO)[C@@H](O)[C@H](O)[C@H]4O)c3oc2cc1O. The molecule has 5 atom stereocenters. The van der Waals surface area contributed by atoms with Crippen LogP contribution < -0.4 is 10.2 Å². The molecule has 4 rings (SSSR count). The summed E-state index contributed by atoms with van der Waals surface area (Å²) < 4.78 is 16.2. The fourth-order valence-corrected chi connectivity index (χ4v) is 3.81. The summed E-state index contributed by atoms with van der Waals surface area (Å²) in [6.45, 7) is -0.710. The van der Waals surface area contributed by atoms with Crippen LogP contribution in [0.5, 0.6) is 23.0 Å². The average molecular weight is 436 g/mol. The molecule has 1 aliphatic heterocycles. The lowest BCUT2D eigenvalue weighted by atomic mass is 9.89. The lowest BCUT2D eigenvalue weighted by molar-refractivity contribution is -0.231. The zero-order chi connectivity index (χ0) is 22.6. The van der Waals surface area contributed by atoms with Gasteiger partial charge in [0, 0.05) is 12.1 Å². The quantitative estimate of drug-likeness (QED) is 0.264. The molecule has 3 aromatic rings. The molecule has 2 aromatic carbocycles. The molecule has 1 fully saturated rings. The van der Waals surface area contributed by atoms with Crippen LogP contribution in [-0.4, -0.2) is 73.9 Å². The van der Waals surface area contributed by atoms with E-state index in [1.54, 1.807) is 0 Å². The van der Waals surface area contributed by atoms with Crippen LogP contribution in [0.25, 0.3) is 21.9 Å². The van der Waals surface area contributed by atoms with Crippen molar-refractivity contribution >= 4 is 21.9 Å². The molecule has 31 heavy (non-hydrogen) atoms. The molecular formula is C20H20O11. The lowest BCUT2D eigenvalue weighted by Crippen LogP contribution is -2.55. The minimum atomic E-state index is -1.78. The van der Waals surface area contributed by atoms with E-state index < -0.39 is 54.1 Å². The van der Waals surface area contributed by atoms with E-state index in [1.165, 1.54) is 13.2 Å². The minimum absolute atomic E-state index is 0.00780. The number of rotatable bonds is 3. The van der Waals surface area contributed by atoms with Crippen molar-refractivity contribution in [1.29, 1.82) is 0 Å². The number of aromatic hydroxyl groups is 3. The third kappa shape index (κ3) is 3.14. The van der Waals surface area contributed by atoms with E-state index in [9.17, 15) is 40.5 Å². The highest BCUT2D eigenvalue weighted by molar-refractivity contribution is 5.96. The van der Waals surface area contributed by atoms with Crippen LogP contribution in [0.2, 0.25) is 0 Å². The maximum absolute atomic E-state index is 13.1. The van der Waals surface area contributed by atoms with E-state index in [0.717, 1.165) is 12.1 Å². The molecule has 1 aromatic heterocycles. The summed E-state index contributed by atoms with van der Waals surface area (Å²) in [5, 5.41) is 70.4. The van der Waals surface area contributed by atoms with Crippen LogP contribution in [0.4, 0.5) is 0 Å². The largest absolute Gasteiger partial charge is 0.507 e. The molecule has 11 nitrogen and oxygen atoms in total. The number of ether oxygens (including phenoxy) is 2. The van der Waals surface area contributed by atoms with Crippen LogP contribution in [0, 0.1) is 0 Å². The van der Waals surface area contributed by atoms with Gasteiger partial charge in [0.2, 0.25) is 5.43 Å². The van der Waals surface area contributed by atoms with Gasteiger partial charge in [0.05, 0.1) is 24.7 Å². The Labute approximate surface area is 173 Å². The monoisotopic (exact) mass is 436 g/mol. The molecule has 2 heterocycles. The van der Waals surface area contributed by atoms with Gasteiger partial charge in [0.25, 0.3) is 0 Å². The topological polar surface area (TPSA) is 190 Å². The van der Waals surface area contributed by atoms with Crippen molar-refractivity contribution < 1.29 is 49.6 Å². The molecule has 0 spiro atoms. The summed E-state index contributed by atoms with van der Waals surface area (Å²) in [4.78, 5) is 13.1. The van der Waals surface area contributed by atoms with E-state index in [-0.39, 0.29) is 39.0 Å². The fourth-order valence-electron chi connectivity index (χ4n) is 3.81.